The average Bonchev–Trinajstić information content (AvgIpc) is 2.78. The monoisotopic (exact) mass is 472 g/mol. The molecule has 1 fully saturated rings. The number of carbonyl (C=O) groups excluding carboxylic acids is 1. The molecule has 1 N–H and O–H groups in total. The number of hydrogen-bond acceptors (Lipinski definition) is 5. The summed E-state index contributed by atoms with van der Waals surface area (Å²) in [4.78, 5) is 13.3. The zero-order chi connectivity index (χ0) is 23.8. The highest BCUT2D eigenvalue weighted by Gasteiger charge is 2.34. The first kappa shape index (κ1) is 23.6. The lowest BCUT2D eigenvalue weighted by atomic mass is 9.96. The Balaban J connectivity index is 1.38. The highest BCUT2D eigenvalue weighted by Crippen LogP contribution is 2.33. The van der Waals surface area contributed by atoms with Crippen molar-refractivity contribution in [2.75, 3.05) is 26.3 Å². The fourth-order valence-corrected chi connectivity index (χ4v) is 6.69. The lowest BCUT2D eigenvalue weighted by Crippen LogP contribution is -2.43. The molecular weight excluding hydrogens is 440 g/mol. The first-order valence-corrected chi connectivity index (χ1v) is 12.9. The Labute approximate surface area is 196 Å². The Morgan fingerprint density at radius 1 is 1.00 bits per heavy atom. The normalized spacial score (nSPS) is 18.1. The number of hydrogen-bond donors (Lipinski definition) is 1. The third kappa shape index (κ3) is 4.87. The number of nitrogens with one attached hydrogen (secondary N) is 1. The molecule has 1 saturated heterocycles. The third-order valence-electron chi connectivity index (χ3n) is 6.45. The van der Waals surface area contributed by atoms with Crippen LogP contribution in [0.25, 0.3) is 0 Å². The van der Waals surface area contributed by atoms with Crippen LogP contribution >= 0.6 is 0 Å². The molecule has 0 spiro atoms. The molecule has 2 aliphatic heterocycles. The zero-order valence-corrected chi connectivity index (χ0v) is 20.5. The van der Waals surface area contributed by atoms with E-state index in [0.29, 0.717) is 49.8 Å². The number of aryl methyl sites for hydroxylation is 3. The van der Waals surface area contributed by atoms with Crippen molar-refractivity contribution in [3.63, 3.8) is 0 Å². The Bertz CT molecular complexity index is 1130. The molecule has 0 unspecified atom stereocenters. The number of carbonyl (C=O) groups is 1. The number of benzene rings is 2. The second kappa shape index (κ2) is 9.35. The summed E-state index contributed by atoms with van der Waals surface area (Å²) in [6, 6.07) is 9.32. The van der Waals surface area contributed by atoms with Gasteiger partial charge in [-0.2, -0.15) is 4.31 Å². The Morgan fingerprint density at radius 3 is 2.24 bits per heavy atom. The predicted octanol–water partition coefficient (Wildman–Crippen LogP) is 3.66. The number of rotatable bonds is 5. The van der Waals surface area contributed by atoms with E-state index in [9.17, 15) is 13.2 Å². The fraction of sp³-hybridized carbons (Fsp3) is 0.480. The Morgan fingerprint density at radius 2 is 1.61 bits per heavy atom. The molecule has 1 amide bonds. The van der Waals surface area contributed by atoms with E-state index in [0.717, 1.165) is 28.0 Å². The fourth-order valence-electron chi connectivity index (χ4n) is 4.80. The van der Waals surface area contributed by atoms with Gasteiger partial charge in [0, 0.05) is 19.0 Å². The van der Waals surface area contributed by atoms with Crippen molar-refractivity contribution in [1.29, 1.82) is 0 Å². The number of amides is 1. The van der Waals surface area contributed by atoms with Crippen molar-refractivity contribution < 1.29 is 22.7 Å². The second-order valence-electron chi connectivity index (χ2n) is 9.04. The zero-order valence-electron chi connectivity index (χ0n) is 19.7. The standard InChI is InChI=1S/C25H32N2O5S/c1-16-13-17(2)24(18(3)14-16)33(29,30)27-9-7-20(8-10-27)25(28)26-19(4)21-5-6-22-23(15-21)32-12-11-31-22/h5-6,13-15,19-20H,7-12H2,1-4H3,(H,26,28)/t19-/m0/s1. The van der Waals surface area contributed by atoms with E-state index in [4.69, 9.17) is 9.47 Å². The van der Waals surface area contributed by atoms with E-state index in [1.54, 1.807) is 0 Å². The Hall–Kier alpha value is -2.58. The van der Waals surface area contributed by atoms with Gasteiger partial charge in [0.1, 0.15) is 13.2 Å². The summed E-state index contributed by atoms with van der Waals surface area (Å²) in [6.45, 7) is 9.31. The average molecular weight is 473 g/mol. The van der Waals surface area contributed by atoms with E-state index < -0.39 is 10.0 Å². The van der Waals surface area contributed by atoms with Crippen LogP contribution in [0.1, 0.15) is 48.1 Å². The van der Waals surface area contributed by atoms with Crippen LogP contribution in [0.5, 0.6) is 11.5 Å². The molecular formula is C25H32N2O5S. The van der Waals surface area contributed by atoms with E-state index in [2.05, 4.69) is 5.32 Å². The van der Waals surface area contributed by atoms with Gasteiger partial charge in [0.05, 0.1) is 10.9 Å². The van der Waals surface area contributed by atoms with Crippen LogP contribution in [0.15, 0.2) is 35.2 Å². The van der Waals surface area contributed by atoms with Crippen molar-refractivity contribution in [2.45, 2.75) is 51.5 Å². The van der Waals surface area contributed by atoms with E-state index in [1.807, 2.05) is 58.0 Å². The summed E-state index contributed by atoms with van der Waals surface area (Å²) in [6.07, 6.45) is 1.01. The highest BCUT2D eigenvalue weighted by molar-refractivity contribution is 7.89. The maximum atomic E-state index is 13.3. The molecule has 0 aromatic heterocycles. The van der Waals surface area contributed by atoms with Gasteiger partial charge in [-0.25, -0.2) is 8.42 Å². The summed E-state index contributed by atoms with van der Waals surface area (Å²) >= 11 is 0. The molecule has 2 aromatic rings. The van der Waals surface area contributed by atoms with Gasteiger partial charge in [-0.1, -0.05) is 23.8 Å². The van der Waals surface area contributed by atoms with Gasteiger partial charge in [0.15, 0.2) is 11.5 Å². The van der Waals surface area contributed by atoms with Gasteiger partial charge in [0.2, 0.25) is 15.9 Å². The number of fused-ring (bicyclic) bond motifs is 1. The second-order valence-corrected chi connectivity index (χ2v) is 10.9. The van der Waals surface area contributed by atoms with Crippen LogP contribution in [-0.4, -0.2) is 44.9 Å². The first-order valence-electron chi connectivity index (χ1n) is 11.4. The number of piperidine rings is 1. The van der Waals surface area contributed by atoms with Crippen molar-refractivity contribution in [3.05, 3.63) is 52.6 Å². The van der Waals surface area contributed by atoms with E-state index >= 15 is 0 Å². The summed E-state index contributed by atoms with van der Waals surface area (Å²) in [5.74, 6) is 1.16. The number of nitrogens with zero attached hydrogens (tertiary/aromatic N) is 1. The lowest BCUT2D eigenvalue weighted by Gasteiger charge is -2.32. The molecule has 33 heavy (non-hydrogen) atoms. The molecule has 2 aliphatic rings. The van der Waals surface area contributed by atoms with Gasteiger partial charge in [-0.05, 0) is 69.4 Å². The molecule has 0 saturated carbocycles. The van der Waals surface area contributed by atoms with Crippen LogP contribution in [0.2, 0.25) is 0 Å². The van der Waals surface area contributed by atoms with Gasteiger partial charge >= 0.3 is 0 Å². The van der Waals surface area contributed by atoms with Crippen LogP contribution in [0.3, 0.4) is 0 Å². The molecule has 0 aliphatic carbocycles. The van der Waals surface area contributed by atoms with Gasteiger partial charge in [0.25, 0.3) is 0 Å². The lowest BCUT2D eigenvalue weighted by molar-refractivity contribution is -0.126. The van der Waals surface area contributed by atoms with Crippen molar-refractivity contribution in [1.82, 2.24) is 9.62 Å². The van der Waals surface area contributed by atoms with Gasteiger partial charge in [-0.3, -0.25) is 4.79 Å². The maximum absolute atomic E-state index is 13.3. The molecule has 0 radical (unpaired) electrons. The quantitative estimate of drug-likeness (QED) is 0.718. The van der Waals surface area contributed by atoms with Crippen molar-refractivity contribution in [2.24, 2.45) is 5.92 Å². The summed E-state index contributed by atoms with van der Waals surface area (Å²) in [7, 11) is -3.59. The molecule has 1 atom stereocenters. The minimum absolute atomic E-state index is 0.0443. The van der Waals surface area contributed by atoms with E-state index in [1.165, 1.54) is 4.31 Å². The number of ether oxygens (including phenoxy) is 2. The largest absolute Gasteiger partial charge is 0.486 e. The van der Waals surface area contributed by atoms with Gasteiger partial charge < -0.3 is 14.8 Å². The minimum atomic E-state index is -3.59. The van der Waals surface area contributed by atoms with Gasteiger partial charge in [-0.15, -0.1) is 0 Å². The smallest absolute Gasteiger partial charge is 0.243 e. The summed E-state index contributed by atoms with van der Waals surface area (Å²) in [5.41, 5.74) is 3.52. The van der Waals surface area contributed by atoms with Crippen molar-refractivity contribution >= 4 is 15.9 Å². The van der Waals surface area contributed by atoms with Crippen LogP contribution < -0.4 is 14.8 Å². The Kier molecular flexibility index (Phi) is 6.68. The van der Waals surface area contributed by atoms with E-state index in [-0.39, 0.29) is 17.9 Å². The van der Waals surface area contributed by atoms with Crippen molar-refractivity contribution in [3.8, 4) is 11.5 Å². The highest BCUT2D eigenvalue weighted by atomic mass is 32.2. The maximum Gasteiger partial charge on any atom is 0.243 e. The van der Waals surface area contributed by atoms with Crippen LogP contribution in [0, 0.1) is 26.7 Å². The molecule has 8 heteroatoms. The SMILES string of the molecule is Cc1cc(C)c(S(=O)(=O)N2CCC(C(=O)N[C@@H](C)c3ccc4c(c3)OCCO4)CC2)c(C)c1. The molecule has 2 aromatic carbocycles. The first-order chi connectivity index (χ1) is 15.7. The topological polar surface area (TPSA) is 84.9 Å². The molecule has 7 nitrogen and oxygen atoms in total. The molecule has 0 bridgehead atoms. The third-order valence-corrected chi connectivity index (χ3v) is 8.66. The summed E-state index contributed by atoms with van der Waals surface area (Å²) < 4.78 is 39.3. The molecule has 2 heterocycles. The summed E-state index contributed by atoms with van der Waals surface area (Å²) in [5, 5.41) is 3.08. The predicted molar refractivity (Wildman–Crippen MR) is 126 cm³/mol. The molecule has 4 rings (SSSR count). The minimum Gasteiger partial charge on any atom is -0.486 e. The number of sulfonamides is 1. The van der Waals surface area contributed by atoms with Crippen LogP contribution in [-0.2, 0) is 14.8 Å². The van der Waals surface area contributed by atoms with Crippen LogP contribution in [0.4, 0.5) is 0 Å². The molecule has 178 valence electrons.